The van der Waals surface area contributed by atoms with Crippen molar-refractivity contribution in [1.82, 2.24) is 10.0 Å². The second-order valence-corrected chi connectivity index (χ2v) is 9.19. The lowest BCUT2D eigenvalue weighted by Crippen LogP contribution is -2.53. The summed E-state index contributed by atoms with van der Waals surface area (Å²) in [4.78, 5) is 12.7. The average Bonchev–Trinajstić information content (AvgIpc) is 3.34. The van der Waals surface area contributed by atoms with E-state index in [1.165, 1.54) is 12.1 Å². The van der Waals surface area contributed by atoms with Gasteiger partial charge in [0.25, 0.3) is 5.91 Å². The van der Waals surface area contributed by atoms with Crippen molar-refractivity contribution in [3.05, 3.63) is 29.8 Å². The third-order valence-electron chi connectivity index (χ3n) is 5.39. The van der Waals surface area contributed by atoms with E-state index in [1.807, 2.05) is 6.92 Å². The molecule has 0 aromatic heterocycles. The van der Waals surface area contributed by atoms with Crippen LogP contribution in [0.2, 0.25) is 0 Å². The molecule has 6 nitrogen and oxygen atoms in total. The number of amides is 1. The zero-order chi connectivity index (χ0) is 18.1. The molecule has 1 amide bonds. The molecule has 0 spiro atoms. The van der Waals surface area contributed by atoms with Crippen molar-refractivity contribution in [3.8, 4) is 0 Å². The molecule has 138 valence electrons. The normalized spacial score (nSPS) is 21.0. The highest BCUT2D eigenvalue weighted by Gasteiger charge is 2.41. The average molecular weight is 365 g/mol. The van der Waals surface area contributed by atoms with Gasteiger partial charge in [0.15, 0.2) is 0 Å². The van der Waals surface area contributed by atoms with E-state index in [0.717, 1.165) is 38.5 Å². The lowest BCUT2D eigenvalue weighted by atomic mass is 9.95. The van der Waals surface area contributed by atoms with Gasteiger partial charge in [-0.1, -0.05) is 18.9 Å². The smallest absolute Gasteiger partial charge is 0.251 e. The van der Waals surface area contributed by atoms with Gasteiger partial charge in [0.05, 0.1) is 10.4 Å². The molecule has 0 radical (unpaired) electrons. The number of hydrogen-bond acceptors (Lipinski definition) is 4. The number of sulfonamides is 1. The van der Waals surface area contributed by atoms with Crippen LogP contribution in [0.3, 0.4) is 0 Å². The Balaban J connectivity index is 1.75. The molecule has 7 heteroatoms. The fraction of sp³-hybridized carbons (Fsp3) is 0.611. The minimum absolute atomic E-state index is 0.00196. The molecule has 1 aromatic rings. The SMILES string of the molecule is CC(CN)(NC(=O)c1cccc(S(=O)(=O)NC2CCCC2)c1)C1CC1. The number of rotatable bonds is 7. The first-order valence-electron chi connectivity index (χ1n) is 8.99. The highest BCUT2D eigenvalue weighted by Crippen LogP contribution is 2.39. The van der Waals surface area contributed by atoms with E-state index in [9.17, 15) is 13.2 Å². The molecule has 2 fully saturated rings. The van der Waals surface area contributed by atoms with E-state index in [-0.39, 0.29) is 16.8 Å². The van der Waals surface area contributed by atoms with Gasteiger partial charge in [-0.15, -0.1) is 0 Å². The van der Waals surface area contributed by atoms with Crippen LogP contribution in [0, 0.1) is 5.92 Å². The minimum atomic E-state index is -3.61. The Morgan fingerprint density at radius 1 is 1.24 bits per heavy atom. The van der Waals surface area contributed by atoms with Crippen LogP contribution in [-0.2, 0) is 10.0 Å². The van der Waals surface area contributed by atoms with Crippen LogP contribution in [0.25, 0.3) is 0 Å². The number of carbonyl (C=O) groups excluding carboxylic acids is 1. The molecule has 0 aliphatic heterocycles. The van der Waals surface area contributed by atoms with Crippen molar-refractivity contribution < 1.29 is 13.2 Å². The maximum Gasteiger partial charge on any atom is 0.251 e. The van der Waals surface area contributed by atoms with E-state index in [0.29, 0.717) is 18.0 Å². The molecule has 1 aromatic carbocycles. The fourth-order valence-electron chi connectivity index (χ4n) is 3.51. The zero-order valence-corrected chi connectivity index (χ0v) is 15.4. The Labute approximate surface area is 149 Å². The second kappa shape index (κ2) is 7.05. The van der Waals surface area contributed by atoms with E-state index >= 15 is 0 Å². The first kappa shape index (κ1) is 18.4. The Morgan fingerprint density at radius 3 is 2.52 bits per heavy atom. The summed E-state index contributed by atoms with van der Waals surface area (Å²) in [6, 6.07) is 6.20. The molecule has 4 N–H and O–H groups in total. The topological polar surface area (TPSA) is 101 Å². The van der Waals surface area contributed by atoms with Gasteiger partial charge < -0.3 is 11.1 Å². The first-order chi connectivity index (χ1) is 11.8. The van der Waals surface area contributed by atoms with Crippen LogP contribution in [0.4, 0.5) is 0 Å². The predicted molar refractivity (Wildman–Crippen MR) is 96.7 cm³/mol. The van der Waals surface area contributed by atoms with Crippen molar-refractivity contribution in [1.29, 1.82) is 0 Å². The van der Waals surface area contributed by atoms with E-state index < -0.39 is 15.6 Å². The number of carbonyl (C=O) groups is 1. The molecule has 3 rings (SSSR count). The largest absolute Gasteiger partial charge is 0.345 e. The molecular formula is C18H27N3O3S. The van der Waals surface area contributed by atoms with Gasteiger partial charge in [0, 0.05) is 18.2 Å². The van der Waals surface area contributed by atoms with Crippen LogP contribution < -0.4 is 15.8 Å². The molecule has 0 heterocycles. The van der Waals surface area contributed by atoms with Crippen LogP contribution >= 0.6 is 0 Å². The molecular weight excluding hydrogens is 338 g/mol. The van der Waals surface area contributed by atoms with Crippen molar-refractivity contribution >= 4 is 15.9 Å². The zero-order valence-electron chi connectivity index (χ0n) is 14.6. The van der Waals surface area contributed by atoms with Gasteiger partial charge >= 0.3 is 0 Å². The molecule has 2 aliphatic rings. The number of benzene rings is 1. The maximum atomic E-state index is 12.6. The summed E-state index contributed by atoms with van der Waals surface area (Å²) in [7, 11) is -3.61. The summed E-state index contributed by atoms with van der Waals surface area (Å²) in [5.41, 5.74) is 5.75. The third kappa shape index (κ3) is 4.22. The van der Waals surface area contributed by atoms with Gasteiger partial charge in [-0.25, -0.2) is 13.1 Å². The van der Waals surface area contributed by atoms with Crippen molar-refractivity contribution in [2.45, 2.75) is 61.9 Å². The molecule has 25 heavy (non-hydrogen) atoms. The van der Waals surface area contributed by atoms with Crippen LogP contribution in [0.15, 0.2) is 29.2 Å². The summed E-state index contributed by atoms with van der Waals surface area (Å²) in [5, 5.41) is 2.99. The van der Waals surface area contributed by atoms with E-state index in [2.05, 4.69) is 10.0 Å². The van der Waals surface area contributed by atoms with Gasteiger partial charge in [0.1, 0.15) is 0 Å². The summed E-state index contributed by atoms with van der Waals surface area (Å²) in [5.74, 6) is 0.121. The lowest BCUT2D eigenvalue weighted by molar-refractivity contribution is 0.0897. The molecule has 2 aliphatic carbocycles. The summed E-state index contributed by atoms with van der Waals surface area (Å²) in [6.07, 6.45) is 5.97. The lowest BCUT2D eigenvalue weighted by Gasteiger charge is -2.29. The minimum Gasteiger partial charge on any atom is -0.345 e. The standard InChI is InChI=1S/C18H27N3O3S/c1-18(12-19,14-9-10-14)20-17(22)13-5-4-8-16(11-13)25(23,24)21-15-6-2-3-7-15/h4-5,8,11,14-15,21H,2-3,6-7,9-10,12,19H2,1H3,(H,20,22). The van der Waals surface area contributed by atoms with Crippen molar-refractivity contribution in [2.75, 3.05) is 6.54 Å². The Bertz CT molecular complexity index is 740. The van der Waals surface area contributed by atoms with Gasteiger partial charge in [0.2, 0.25) is 10.0 Å². The highest BCUT2D eigenvalue weighted by atomic mass is 32.2. The van der Waals surface area contributed by atoms with Crippen LogP contribution in [-0.4, -0.2) is 32.5 Å². The number of nitrogens with one attached hydrogen (secondary N) is 2. The Kier molecular flexibility index (Phi) is 5.18. The Morgan fingerprint density at radius 2 is 1.92 bits per heavy atom. The fourth-order valence-corrected chi connectivity index (χ4v) is 4.86. The molecule has 1 unspecified atom stereocenters. The van der Waals surface area contributed by atoms with Crippen molar-refractivity contribution in [3.63, 3.8) is 0 Å². The van der Waals surface area contributed by atoms with E-state index in [1.54, 1.807) is 12.1 Å². The third-order valence-corrected chi connectivity index (χ3v) is 6.90. The summed E-state index contributed by atoms with van der Waals surface area (Å²) < 4.78 is 27.9. The van der Waals surface area contributed by atoms with Gasteiger partial charge in [-0.3, -0.25) is 4.79 Å². The van der Waals surface area contributed by atoms with Crippen LogP contribution in [0.5, 0.6) is 0 Å². The summed E-state index contributed by atoms with van der Waals surface area (Å²) >= 11 is 0. The van der Waals surface area contributed by atoms with Crippen LogP contribution in [0.1, 0.15) is 55.8 Å². The Hall–Kier alpha value is -1.44. The van der Waals surface area contributed by atoms with Gasteiger partial charge in [-0.2, -0.15) is 0 Å². The molecule has 0 saturated heterocycles. The van der Waals surface area contributed by atoms with Gasteiger partial charge in [-0.05, 0) is 56.7 Å². The quantitative estimate of drug-likeness (QED) is 0.685. The second-order valence-electron chi connectivity index (χ2n) is 7.48. The first-order valence-corrected chi connectivity index (χ1v) is 10.5. The number of hydrogen-bond donors (Lipinski definition) is 3. The molecule has 1 atom stereocenters. The predicted octanol–water partition coefficient (Wildman–Crippen LogP) is 1.76. The van der Waals surface area contributed by atoms with E-state index in [4.69, 9.17) is 5.73 Å². The molecule has 0 bridgehead atoms. The highest BCUT2D eigenvalue weighted by molar-refractivity contribution is 7.89. The summed E-state index contributed by atoms with van der Waals surface area (Å²) in [6.45, 7) is 2.31. The maximum absolute atomic E-state index is 12.6. The number of nitrogens with two attached hydrogens (primary N) is 1. The monoisotopic (exact) mass is 365 g/mol. The van der Waals surface area contributed by atoms with Crippen molar-refractivity contribution in [2.24, 2.45) is 11.7 Å². The molecule has 2 saturated carbocycles.